The Labute approximate surface area is 108 Å². The van der Waals surface area contributed by atoms with Gasteiger partial charge in [0.15, 0.2) is 0 Å². The van der Waals surface area contributed by atoms with E-state index >= 15 is 0 Å². The smallest absolute Gasteiger partial charge is 0.325 e. The lowest BCUT2D eigenvalue weighted by Crippen LogP contribution is -2.32. The van der Waals surface area contributed by atoms with Gasteiger partial charge in [-0.15, -0.1) is 0 Å². The summed E-state index contributed by atoms with van der Waals surface area (Å²) in [5, 5.41) is 12.4. The van der Waals surface area contributed by atoms with Gasteiger partial charge in [0.25, 0.3) is 0 Å². The molecule has 0 bridgehead atoms. The summed E-state index contributed by atoms with van der Waals surface area (Å²) >= 11 is 0. The molecule has 1 aromatic rings. The molecule has 1 aromatic carbocycles. The first kappa shape index (κ1) is 14.7. The standard InChI is InChI=1S/C14H21NO3/c1-10(2)8-15-13(14(16)17)12-7-5-4-6-11(12)9-18-3/h4-7,10,13,15H,8-9H2,1-3H3,(H,16,17). The number of hydrogen-bond acceptors (Lipinski definition) is 3. The molecule has 18 heavy (non-hydrogen) atoms. The van der Waals surface area contributed by atoms with Crippen molar-refractivity contribution in [1.29, 1.82) is 0 Å². The second-order valence-electron chi connectivity index (χ2n) is 4.71. The molecular formula is C14H21NO3. The van der Waals surface area contributed by atoms with Crippen LogP contribution in [0.25, 0.3) is 0 Å². The Morgan fingerprint density at radius 3 is 2.61 bits per heavy atom. The minimum absolute atomic E-state index is 0.404. The van der Waals surface area contributed by atoms with Crippen molar-refractivity contribution in [2.75, 3.05) is 13.7 Å². The molecule has 0 spiro atoms. The molecule has 100 valence electrons. The van der Waals surface area contributed by atoms with Crippen LogP contribution in [0.1, 0.15) is 31.0 Å². The van der Waals surface area contributed by atoms with E-state index in [2.05, 4.69) is 5.32 Å². The van der Waals surface area contributed by atoms with Gasteiger partial charge in [-0.2, -0.15) is 0 Å². The predicted molar refractivity (Wildman–Crippen MR) is 70.4 cm³/mol. The number of carbonyl (C=O) groups is 1. The number of aliphatic carboxylic acids is 1. The molecule has 0 saturated carbocycles. The van der Waals surface area contributed by atoms with Gasteiger partial charge in [-0.25, -0.2) is 0 Å². The number of benzene rings is 1. The van der Waals surface area contributed by atoms with Gasteiger partial charge < -0.3 is 15.2 Å². The molecule has 1 unspecified atom stereocenters. The van der Waals surface area contributed by atoms with Crippen molar-refractivity contribution in [2.24, 2.45) is 5.92 Å². The Bertz CT molecular complexity index is 390. The monoisotopic (exact) mass is 251 g/mol. The Balaban J connectivity index is 2.94. The summed E-state index contributed by atoms with van der Waals surface area (Å²) in [5.41, 5.74) is 1.68. The Morgan fingerprint density at radius 2 is 2.06 bits per heavy atom. The third kappa shape index (κ3) is 4.13. The second kappa shape index (κ2) is 7.13. The number of ether oxygens (including phenoxy) is 1. The Kier molecular flexibility index (Phi) is 5.82. The zero-order valence-corrected chi connectivity index (χ0v) is 11.1. The molecule has 4 heteroatoms. The summed E-state index contributed by atoms with van der Waals surface area (Å²) in [6, 6.07) is 6.78. The van der Waals surface area contributed by atoms with Crippen LogP contribution in [-0.2, 0) is 16.1 Å². The number of methoxy groups -OCH3 is 1. The third-order valence-corrected chi connectivity index (χ3v) is 2.64. The SMILES string of the molecule is COCc1ccccc1C(NCC(C)C)C(=O)O. The molecule has 0 heterocycles. The highest BCUT2D eigenvalue weighted by atomic mass is 16.5. The van der Waals surface area contributed by atoms with E-state index in [-0.39, 0.29) is 0 Å². The third-order valence-electron chi connectivity index (χ3n) is 2.64. The topological polar surface area (TPSA) is 58.6 Å². The molecule has 0 aliphatic heterocycles. The summed E-state index contributed by atoms with van der Waals surface area (Å²) in [6.07, 6.45) is 0. The van der Waals surface area contributed by atoms with Crippen molar-refractivity contribution in [1.82, 2.24) is 5.32 Å². The van der Waals surface area contributed by atoms with Crippen molar-refractivity contribution in [2.45, 2.75) is 26.5 Å². The fourth-order valence-electron chi connectivity index (χ4n) is 1.79. The lowest BCUT2D eigenvalue weighted by molar-refractivity contribution is -0.139. The van der Waals surface area contributed by atoms with Crippen molar-refractivity contribution in [3.63, 3.8) is 0 Å². The minimum atomic E-state index is -0.862. The molecule has 2 N–H and O–H groups in total. The maximum absolute atomic E-state index is 11.4. The van der Waals surface area contributed by atoms with Gasteiger partial charge in [0.2, 0.25) is 0 Å². The van der Waals surface area contributed by atoms with Crippen LogP contribution >= 0.6 is 0 Å². The number of carboxylic acids is 1. The summed E-state index contributed by atoms with van der Waals surface area (Å²) in [6.45, 7) is 5.18. The van der Waals surface area contributed by atoms with Gasteiger partial charge in [-0.3, -0.25) is 4.79 Å². The van der Waals surface area contributed by atoms with Gasteiger partial charge in [0.1, 0.15) is 6.04 Å². The number of carboxylic acid groups (broad SMARTS) is 1. The average molecular weight is 251 g/mol. The van der Waals surface area contributed by atoms with Crippen molar-refractivity contribution >= 4 is 5.97 Å². The van der Waals surface area contributed by atoms with E-state index in [1.807, 2.05) is 38.1 Å². The first-order valence-corrected chi connectivity index (χ1v) is 6.09. The molecule has 0 amide bonds. The minimum Gasteiger partial charge on any atom is -0.480 e. The summed E-state index contributed by atoms with van der Waals surface area (Å²) in [7, 11) is 1.61. The Morgan fingerprint density at radius 1 is 1.39 bits per heavy atom. The van der Waals surface area contributed by atoms with Crippen LogP contribution in [0, 0.1) is 5.92 Å². The van der Waals surface area contributed by atoms with Crippen molar-refractivity contribution in [3.8, 4) is 0 Å². The van der Waals surface area contributed by atoms with Crippen LogP contribution in [0.2, 0.25) is 0 Å². The highest BCUT2D eigenvalue weighted by Gasteiger charge is 2.21. The Hall–Kier alpha value is -1.39. The second-order valence-corrected chi connectivity index (χ2v) is 4.71. The normalized spacial score (nSPS) is 12.7. The first-order valence-electron chi connectivity index (χ1n) is 6.09. The largest absolute Gasteiger partial charge is 0.480 e. The van der Waals surface area contributed by atoms with Crippen LogP contribution in [0.3, 0.4) is 0 Å². The fourth-order valence-corrected chi connectivity index (χ4v) is 1.79. The molecular weight excluding hydrogens is 230 g/mol. The predicted octanol–water partition coefficient (Wildman–Crippen LogP) is 2.20. The quantitative estimate of drug-likeness (QED) is 0.780. The molecule has 0 fully saturated rings. The zero-order chi connectivity index (χ0) is 13.5. The van der Waals surface area contributed by atoms with Gasteiger partial charge >= 0.3 is 5.97 Å². The lowest BCUT2D eigenvalue weighted by Gasteiger charge is -2.19. The molecule has 0 radical (unpaired) electrons. The van der Waals surface area contributed by atoms with E-state index in [4.69, 9.17) is 4.74 Å². The molecule has 0 aliphatic carbocycles. The fraction of sp³-hybridized carbons (Fsp3) is 0.500. The van der Waals surface area contributed by atoms with E-state index in [0.717, 1.165) is 11.1 Å². The van der Waals surface area contributed by atoms with Crippen LogP contribution in [0.5, 0.6) is 0 Å². The highest BCUT2D eigenvalue weighted by molar-refractivity contribution is 5.76. The highest BCUT2D eigenvalue weighted by Crippen LogP contribution is 2.19. The van der Waals surface area contributed by atoms with Gasteiger partial charge in [0, 0.05) is 7.11 Å². The van der Waals surface area contributed by atoms with Crippen LogP contribution in [-0.4, -0.2) is 24.7 Å². The summed E-state index contributed by atoms with van der Waals surface area (Å²) < 4.78 is 5.10. The zero-order valence-electron chi connectivity index (χ0n) is 11.1. The van der Waals surface area contributed by atoms with Gasteiger partial charge in [-0.05, 0) is 23.6 Å². The number of hydrogen-bond donors (Lipinski definition) is 2. The van der Waals surface area contributed by atoms with Crippen molar-refractivity contribution < 1.29 is 14.6 Å². The lowest BCUT2D eigenvalue weighted by atomic mass is 10.00. The van der Waals surface area contributed by atoms with Crippen LogP contribution in [0.15, 0.2) is 24.3 Å². The van der Waals surface area contributed by atoms with E-state index in [0.29, 0.717) is 19.1 Å². The van der Waals surface area contributed by atoms with E-state index in [1.165, 1.54) is 0 Å². The molecule has 4 nitrogen and oxygen atoms in total. The number of nitrogens with one attached hydrogen (secondary N) is 1. The summed E-state index contributed by atoms with van der Waals surface area (Å²) in [5.74, 6) is -0.458. The first-order chi connectivity index (χ1) is 8.56. The van der Waals surface area contributed by atoms with E-state index in [1.54, 1.807) is 7.11 Å². The van der Waals surface area contributed by atoms with Gasteiger partial charge in [-0.1, -0.05) is 38.1 Å². The molecule has 0 aromatic heterocycles. The van der Waals surface area contributed by atoms with E-state index in [9.17, 15) is 9.90 Å². The van der Waals surface area contributed by atoms with Crippen LogP contribution in [0.4, 0.5) is 0 Å². The van der Waals surface area contributed by atoms with Crippen LogP contribution < -0.4 is 5.32 Å². The maximum Gasteiger partial charge on any atom is 0.325 e. The molecule has 1 atom stereocenters. The average Bonchev–Trinajstić information content (AvgIpc) is 2.31. The summed E-state index contributed by atoms with van der Waals surface area (Å²) in [4.78, 5) is 11.4. The molecule has 0 aliphatic rings. The number of rotatable bonds is 7. The van der Waals surface area contributed by atoms with Crippen molar-refractivity contribution in [3.05, 3.63) is 35.4 Å². The van der Waals surface area contributed by atoms with Gasteiger partial charge in [0.05, 0.1) is 6.61 Å². The van der Waals surface area contributed by atoms with E-state index < -0.39 is 12.0 Å². The maximum atomic E-state index is 11.4. The molecule has 0 saturated heterocycles. The molecule has 1 rings (SSSR count).